The second kappa shape index (κ2) is 9.63. The number of hydrogen-bond donors (Lipinski definition) is 3. The molecular weight excluding hydrogens is 386 g/mol. The first-order valence-electron chi connectivity index (χ1n) is 8.52. The van der Waals surface area contributed by atoms with Crippen LogP contribution in [0.1, 0.15) is 38.1 Å². The summed E-state index contributed by atoms with van der Waals surface area (Å²) in [5, 5.41) is 9.73. The molecule has 0 aliphatic carbocycles. The van der Waals surface area contributed by atoms with Crippen molar-refractivity contribution in [1.29, 1.82) is 0 Å². The summed E-state index contributed by atoms with van der Waals surface area (Å²) >= 11 is 2.70. The molecule has 2 aromatic heterocycles. The van der Waals surface area contributed by atoms with Crippen molar-refractivity contribution in [1.82, 2.24) is 5.32 Å². The third-order valence-corrected chi connectivity index (χ3v) is 5.80. The molecule has 9 heteroatoms. The van der Waals surface area contributed by atoms with Gasteiger partial charge in [-0.05, 0) is 36.2 Å². The number of hydrogen-bond acceptors (Lipinski definition) is 6. The molecule has 27 heavy (non-hydrogen) atoms. The second-order valence-electron chi connectivity index (χ2n) is 6.05. The van der Waals surface area contributed by atoms with Gasteiger partial charge in [-0.3, -0.25) is 9.59 Å². The molecule has 2 heterocycles. The zero-order valence-electron chi connectivity index (χ0n) is 15.8. The third kappa shape index (κ3) is 5.38. The largest absolute Gasteiger partial charge is 0.462 e. The number of ether oxygens (including phenoxy) is 1. The highest BCUT2D eigenvalue weighted by atomic mass is 32.1. The van der Waals surface area contributed by atoms with E-state index < -0.39 is 5.97 Å². The highest BCUT2D eigenvalue weighted by Crippen LogP contribution is 2.33. The minimum Gasteiger partial charge on any atom is -0.462 e. The van der Waals surface area contributed by atoms with Gasteiger partial charge in [-0.25, -0.2) is 4.79 Å². The van der Waals surface area contributed by atoms with Gasteiger partial charge in [0.05, 0.1) is 24.1 Å². The first kappa shape index (κ1) is 21.1. The van der Waals surface area contributed by atoms with Crippen molar-refractivity contribution >= 4 is 45.5 Å². The zero-order valence-corrected chi connectivity index (χ0v) is 17.4. The van der Waals surface area contributed by atoms with Crippen LogP contribution in [0.2, 0.25) is 0 Å². The maximum absolute atomic E-state index is 12.5. The van der Waals surface area contributed by atoms with E-state index in [4.69, 9.17) is 4.74 Å². The molecule has 0 radical (unpaired) electrons. The van der Waals surface area contributed by atoms with Crippen LogP contribution >= 0.6 is 22.7 Å². The van der Waals surface area contributed by atoms with Gasteiger partial charge >= 0.3 is 5.97 Å². The monoisotopic (exact) mass is 410 g/mol. The highest BCUT2D eigenvalue weighted by molar-refractivity contribution is 7.18. The SMILES string of the molecule is CCOC(=O)c1c(NC(=O)C[NH+](C)Cc2ccsc2)sc(C(=O)NC)c1C. The number of amides is 2. The van der Waals surface area contributed by atoms with E-state index in [1.807, 2.05) is 18.5 Å². The number of carbonyl (C=O) groups is 3. The van der Waals surface area contributed by atoms with Crippen molar-refractivity contribution in [2.24, 2.45) is 0 Å². The van der Waals surface area contributed by atoms with E-state index in [1.165, 1.54) is 12.6 Å². The number of nitrogens with one attached hydrogen (secondary N) is 3. The minimum absolute atomic E-state index is 0.213. The molecule has 2 amide bonds. The predicted octanol–water partition coefficient (Wildman–Crippen LogP) is 1.31. The van der Waals surface area contributed by atoms with Gasteiger partial charge in [-0.2, -0.15) is 11.3 Å². The van der Waals surface area contributed by atoms with E-state index in [9.17, 15) is 14.4 Å². The Morgan fingerprint density at radius 3 is 2.63 bits per heavy atom. The van der Waals surface area contributed by atoms with Gasteiger partial charge in [0.1, 0.15) is 11.5 Å². The molecule has 0 saturated heterocycles. The minimum atomic E-state index is -0.546. The zero-order chi connectivity index (χ0) is 20.0. The Morgan fingerprint density at radius 2 is 2.04 bits per heavy atom. The lowest BCUT2D eigenvalue weighted by molar-refractivity contribution is -0.885. The summed E-state index contributed by atoms with van der Waals surface area (Å²) in [4.78, 5) is 38.2. The van der Waals surface area contributed by atoms with Crippen LogP contribution in [-0.4, -0.2) is 45.0 Å². The Hall–Kier alpha value is -2.23. The van der Waals surface area contributed by atoms with Crippen molar-refractivity contribution < 1.29 is 24.0 Å². The Balaban J connectivity index is 2.16. The molecule has 146 valence electrons. The molecule has 0 saturated carbocycles. The molecule has 3 N–H and O–H groups in total. The van der Waals surface area contributed by atoms with Gasteiger partial charge in [0.25, 0.3) is 11.8 Å². The topological polar surface area (TPSA) is 88.9 Å². The molecule has 7 nitrogen and oxygen atoms in total. The van der Waals surface area contributed by atoms with Gasteiger partial charge in [0.2, 0.25) is 0 Å². The quantitative estimate of drug-likeness (QED) is 0.573. The molecule has 0 spiro atoms. The summed E-state index contributed by atoms with van der Waals surface area (Å²) in [6, 6.07) is 2.03. The van der Waals surface area contributed by atoms with E-state index in [-0.39, 0.29) is 30.5 Å². The summed E-state index contributed by atoms with van der Waals surface area (Å²) < 4.78 is 5.09. The number of esters is 1. The molecule has 0 aliphatic heterocycles. The molecule has 1 atom stereocenters. The van der Waals surface area contributed by atoms with Crippen LogP contribution in [0.25, 0.3) is 0 Å². The van der Waals surface area contributed by atoms with E-state index in [0.29, 0.717) is 15.4 Å². The van der Waals surface area contributed by atoms with Crippen LogP contribution in [-0.2, 0) is 16.1 Å². The Bertz CT molecular complexity index is 815. The fourth-order valence-corrected chi connectivity index (χ4v) is 4.46. The smallest absolute Gasteiger partial charge is 0.341 e. The van der Waals surface area contributed by atoms with Crippen molar-refractivity contribution in [3.8, 4) is 0 Å². The molecule has 0 aromatic carbocycles. The fourth-order valence-electron chi connectivity index (χ4n) is 2.63. The lowest BCUT2D eigenvalue weighted by atomic mass is 10.1. The standard InChI is InChI=1S/C18H23N3O4S2/c1-5-25-18(24)14-11(2)15(16(23)19-3)27-17(14)20-13(22)9-21(4)8-12-6-7-26-10-12/h6-7,10H,5,8-9H2,1-4H3,(H,19,23)(H,20,22)/p+1. The summed E-state index contributed by atoms with van der Waals surface area (Å²) in [6.45, 7) is 4.57. The molecule has 2 aromatic rings. The number of quaternary nitrogens is 1. The predicted molar refractivity (Wildman–Crippen MR) is 107 cm³/mol. The summed E-state index contributed by atoms with van der Waals surface area (Å²) in [5.41, 5.74) is 1.92. The Morgan fingerprint density at radius 1 is 1.30 bits per heavy atom. The van der Waals surface area contributed by atoms with Crippen molar-refractivity contribution in [2.45, 2.75) is 20.4 Å². The second-order valence-corrected chi connectivity index (χ2v) is 7.85. The van der Waals surface area contributed by atoms with Crippen molar-refractivity contribution in [3.63, 3.8) is 0 Å². The maximum atomic E-state index is 12.5. The molecule has 1 unspecified atom stereocenters. The van der Waals surface area contributed by atoms with E-state index >= 15 is 0 Å². The normalized spacial score (nSPS) is 11.7. The first-order chi connectivity index (χ1) is 12.9. The lowest BCUT2D eigenvalue weighted by Gasteiger charge is -2.13. The summed E-state index contributed by atoms with van der Waals surface area (Å²) in [7, 11) is 3.45. The Kier molecular flexibility index (Phi) is 7.52. The Labute approximate surface area is 166 Å². The van der Waals surface area contributed by atoms with Crippen LogP contribution in [0, 0.1) is 6.92 Å². The van der Waals surface area contributed by atoms with Crippen molar-refractivity contribution in [3.05, 3.63) is 38.4 Å². The molecule has 0 bridgehead atoms. The van der Waals surface area contributed by atoms with Crippen LogP contribution in [0.4, 0.5) is 5.00 Å². The van der Waals surface area contributed by atoms with Crippen LogP contribution < -0.4 is 15.5 Å². The molecule has 2 rings (SSSR count). The maximum Gasteiger partial charge on any atom is 0.341 e. The van der Waals surface area contributed by atoms with Gasteiger partial charge in [0, 0.05) is 12.6 Å². The average molecular weight is 411 g/mol. The van der Waals surface area contributed by atoms with Crippen LogP contribution in [0.5, 0.6) is 0 Å². The van der Waals surface area contributed by atoms with E-state index in [0.717, 1.165) is 22.8 Å². The van der Waals surface area contributed by atoms with Crippen LogP contribution in [0.3, 0.4) is 0 Å². The number of anilines is 1. The van der Waals surface area contributed by atoms with Crippen molar-refractivity contribution in [2.75, 3.05) is 32.6 Å². The number of carbonyl (C=O) groups excluding carboxylic acids is 3. The van der Waals surface area contributed by atoms with E-state index in [2.05, 4.69) is 16.0 Å². The van der Waals surface area contributed by atoms with E-state index in [1.54, 1.807) is 25.2 Å². The lowest BCUT2D eigenvalue weighted by Crippen LogP contribution is -3.08. The number of likely N-dealkylation sites (N-methyl/N-ethyl adjacent to an activating group) is 1. The van der Waals surface area contributed by atoms with Gasteiger partial charge in [-0.15, -0.1) is 11.3 Å². The van der Waals surface area contributed by atoms with Gasteiger partial charge < -0.3 is 20.3 Å². The summed E-state index contributed by atoms with van der Waals surface area (Å²) in [5.74, 6) is -1.07. The third-order valence-electron chi connectivity index (χ3n) is 3.86. The average Bonchev–Trinajstić information content (AvgIpc) is 3.22. The molecule has 0 fully saturated rings. The molecule has 0 aliphatic rings. The summed E-state index contributed by atoms with van der Waals surface area (Å²) in [6.07, 6.45) is 0. The number of thiophene rings is 2. The van der Waals surface area contributed by atoms with Gasteiger partial charge in [0.15, 0.2) is 6.54 Å². The molecular formula is C18H24N3O4S2+. The highest BCUT2D eigenvalue weighted by Gasteiger charge is 2.26. The fraction of sp³-hybridized carbons (Fsp3) is 0.389. The first-order valence-corrected chi connectivity index (χ1v) is 10.3. The van der Waals surface area contributed by atoms with Gasteiger partial charge in [-0.1, -0.05) is 0 Å². The number of rotatable bonds is 8. The van der Waals surface area contributed by atoms with Crippen LogP contribution in [0.15, 0.2) is 16.8 Å².